The van der Waals surface area contributed by atoms with Crippen molar-refractivity contribution in [3.63, 3.8) is 0 Å². The number of aryl methyl sites for hydroxylation is 1. The van der Waals surface area contributed by atoms with E-state index >= 15 is 0 Å². The summed E-state index contributed by atoms with van der Waals surface area (Å²) in [6, 6.07) is 5.10. The Labute approximate surface area is 165 Å². The molecule has 0 spiro atoms. The first-order valence-electron chi connectivity index (χ1n) is 9.42. The fourth-order valence-electron chi connectivity index (χ4n) is 5.99. The van der Waals surface area contributed by atoms with Crippen LogP contribution in [0.3, 0.4) is 0 Å². The summed E-state index contributed by atoms with van der Waals surface area (Å²) >= 11 is 0. The lowest BCUT2D eigenvalue weighted by molar-refractivity contribution is -0.0121. The van der Waals surface area contributed by atoms with Gasteiger partial charge in [-0.2, -0.15) is 16.8 Å². The lowest BCUT2D eigenvalue weighted by atomic mass is 9.55. The zero-order valence-corrected chi connectivity index (χ0v) is 17.1. The van der Waals surface area contributed by atoms with Crippen LogP contribution in [0.5, 0.6) is 5.75 Å². The van der Waals surface area contributed by atoms with Crippen LogP contribution in [0.2, 0.25) is 0 Å². The molecular weight excluding hydrogens is 408 g/mol. The molecule has 0 unspecified atom stereocenters. The molecule has 0 amide bonds. The minimum atomic E-state index is -4.55. The van der Waals surface area contributed by atoms with Gasteiger partial charge in [0, 0.05) is 0 Å². The van der Waals surface area contributed by atoms with Crippen LogP contribution in [-0.4, -0.2) is 32.0 Å². The Bertz CT molecular complexity index is 987. The van der Waals surface area contributed by atoms with Crippen molar-refractivity contribution >= 4 is 20.8 Å². The second-order valence-corrected chi connectivity index (χ2v) is 10.5. The van der Waals surface area contributed by atoms with Crippen molar-refractivity contribution in [2.45, 2.75) is 57.5 Å². The zero-order valence-electron chi connectivity index (χ0n) is 15.4. The van der Waals surface area contributed by atoms with Crippen molar-refractivity contribution in [1.82, 2.24) is 0 Å². The fourth-order valence-corrected chi connectivity index (χ4v) is 6.95. The molecule has 1 aromatic rings. The van der Waals surface area contributed by atoms with E-state index < -0.39 is 26.9 Å². The third kappa shape index (κ3) is 3.68. The number of rotatable bonds is 4. The minimum Gasteiger partial charge on any atom is -0.362 e. The Morgan fingerprint density at radius 1 is 1.04 bits per heavy atom. The molecule has 2 N–H and O–H groups in total. The van der Waals surface area contributed by atoms with E-state index in [0.717, 1.165) is 37.7 Å². The molecule has 0 saturated heterocycles. The Morgan fingerprint density at radius 2 is 1.79 bits per heavy atom. The molecule has 1 aromatic carbocycles. The standard InChI is InChI=1S/C18H24O8S2/c1-18-9-8-14-13-5-3-12(25-27(19,20)21)10-11(13)2-4-15(14)16(18)6-7-17(18)26-28(22,23)24/h3,5,10,14-17H,2,4,6-9H2,1H3,(H,19,20,21)(H,22,23,24)/t14-,15-,16+,17-,18+/m1/s1. The third-order valence-corrected chi connectivity index (χ3v) is 7.93. The summed E-state index contributed by atoms with van der Waals surface area (Å²) < 4.78 is 72.0. The van der Waals surface area contributed by atoms with E-state index in [1.807, 2.05) is 6.07 Å². The quantitative estimate of drug-likeness (QED) is 0.695. The van der Waals surface area contributed by atoms with E-state index in [-0.39, 0.29) is 11.2 Å². The van der Waals surface area contributed by atoms with Crippen molar-refractivity contribution in [3.8, 4) is 5.75 Å². The first kappa shape index (κ1) is 20.1. The minimum absolute atomic E-state index is 0.0998. The third-order valence-electron chi connectivity index (χ3n) is 7.05. The first-order chi connectivity index (χ1) is 13.0. The Balaban J connectivity index is 1.59. The summed E-state index contributed by atoms with van der Waals surface area (Å²) in [6.07, 6.45) is 4.30. The van der Waals surface area contributed by atoms with E-state index in [2.05, 4.69) is 11.1 Å². The molecule has 2 fully saturated rings. The largest absolute Gasteiger partial charge is 0.446 e. The van der Waals surface area contributed by atoms with Crippen molar-refractivity contribution < 1.29 is 34.3 Å². The normalized spacial score (nSPS) is 35.0. The van der Waals surface area contributed by atoms with Gasteiger partial charge in [0.25, 0.3) is 0 Å². The Morgan fingerprint density at radius 3 is 2.46 bits per heavy atom. The molecule has 0 aliphatic heterocycles. The molecule has 10 heteroatoms. The van der Waals surface area contributed by atoms with Gasteiger partial charge in [0.05, 0.1) is 6.10 Å². The summed E-state index contributed by atoms with van der Waals surface area (Å²) in [7, 11) is -9.03. The Kier molecular flexibility index (Phi) is 4.78. The van der Waals surface area contributed by atoms with Crippen LogP contribution in [0.25, 0.3) is 0 Å². The maximum atomic E-state index is 11.2. The maximum Gasteiger partial charge on any atom is 0.446 e. The van der Waals surface area contributed by atoms with Gasteiger partial charge in [-0.25, -0.2) is 4.18 Å². The molecule has 4 rings (SSSR count). The molecule has 0 bridgehead atoms. The van der Waals surface area contributed by atoms with E-state index in [4.69, 9.17) is 13.3 Å². The molecule has 0 aromatic heterocycles. The molecule has 3 aliphatic carbocycles. The van der Waals surface area contributed by atoms with Crippen LogP contribution in [0, 0.1) is 17.3 Å². The van der Waals surface area contributed by atoms with Gasteiger partial charge in [-0.1, -0.05) is 13.0 Å². The highest BCUT2D eigenvalue weighted by Crippen LogP contribution is 2.61. The van der Waals surface area contributed by atoms with Crippen LogP contribution in [-0.2, 0) is 31.4 Å². The average molecular weight is 433 g/mol. The zero-order chi connectivity index (χ0) is 20.3. The molecule has 28 heavy (non-hydrogen) atoms. The average Bonchev–Trinajstić information content (AvgIpc) is 2.88. The SMILES string of the molecule is C[C@]12CC[C@@H]3c4ccc(OS(=O)(=O)O)cc4CC[C@H]3[C@@H]1CC[C@H]2OS(=O)(=O)O. The topological polar surface area (TPSA) is 127 Å². The fraction of sp³-hybridized carbons (Fsp3) is 0.667. The molecule has 0 radical (unpaired) electrons. The number of hydrogen-bond acceptors (Lipinski definition) is 6. The Hall–Kier alpha value is -1.20. The van der Waals surface area contributed by atoms with Gasteiger partial charge < -0.3 is 4.18 Å². The highest BCUT2D eigenvalue weighted by molar-refractivity contribution is 7.81. The monoisotopic (exact) mass is 432 g/mol. The summed E-state index contributed by atoms with van der Waals surface area (Å²) in [4.78, 5) is 0. The van der Waals surface area contributed by atoms with E-state index in [0.29, 0.717) is 24.2 Å². The lowest BCUT2D eigenvalue weighted by Gasteiger charge is -2.50. The van der Waals surface area contributed by atoms with Crippen LogP contribution in [0.15, 0.2) is 18.2 Å². The lowest BCUT2D eigenvalue weighted by Crippen LogP contribution is -2.45. The van der Waals surface area contributed by atoms with Gasteiger partial charge in [-0.3, -0.25) is 9.11 Å². The summed E-state index contributed by atoms with van der Waals surface area (Å²) in [5.74, 6) is 1.10. The van der Waals surface area contributed by atoms with E-state index in [1.165, 1.54) is 5.56 Å². The van der Waals surface area contributed by atoms with Crippen molar-refractivity contribution in [2.75, 3.05) is 0 Å². The molecule has 8 nitrogen and oxygen atoms in total. The summed E-state index contributed by atoms with van der Waals surface area (Å²) in [5.41, 5.74) is 1.90. The van der Waals surface area contributed by atoms with Gasteiger partial charge in [-0.05, 0) is 85.0 Å². The number of benzene rings is 1. The summed E-state index contributed by atoms with van der Waals surface area (Å²) in [5, 5.41) is 0. The smallest absolute Gasteiger partial charge is 0.362 e. The van der Waals surface area contributed by atoms with E-state index in [1.54, 1.807) is 12.1 Å². The molecular formula is C18H24O8S2. The van der Waals surface area contributed by atoms with Gasteiger partial charge in [0.2, 0.25) is 0 Å². The van der Waals surface area contributed by atoms with Gasteiger partial charge in [0.1, 0.15) is 5.75 Å². The highest BCUT2D eigenvalue weighted by atomic mass is 32.3. The molecule has 3 aliphatic rings. The predicted molar refractivity (Wildman–Crippen MR) is 99.7 cm³/mol. The van der Waals surface area contributed by atoms with Crippen LogP contribution in [0.4, 0.5) is 0 Å². The maximum absolute atomic E-state index is 11.2. The van der Waals surface area contributed by atoms with Crippen LogP contribution in [0.1, 0.15) is 56.1 Å². The van der Waals surface area contributed by atoms with Crippen LogP contribution >= 0.6 is 0 Å². The predicted octanol–water partition coefficient (Wildman–Crippen LogP) is 2.91. The van der Waals surface area contributed by atoms with Gasteiger partial charge in [-0.15, -0.1) is 0 Å². The summed E-state index contributed by atoms with van der Waals surface area (Å²) in [6.45, 7) is 2.06. The molecule has 0 heterocycles. The van der Waals surface area contributed by atoms with Crippen molar-refractivity contribution in [1.29, 1.82) is 0 Å². The van der Waals surface area contributed by atoms with Gasteiger partial charge in [0.15, 0.2) is 0 Å². The number of fused-ring (bicyclic) bond motifs is 5. The second-order valence-electron chi connectivity index (χ2n) is 8.42. The van der Waals surface area contributed by atoms with Crippen molar-refractivity contribution in [2.24, 2.45) is 17.3 Å². The molecule has 156 valence electrons. The van der Waals surface area contributed by atoms with E-state index in [9.17, 15) is 16.8 Å². The molecule has 2 saturated carbocycles. The number of hydrogen-bond donors (Lipinski definition) is 2. The second kappa shape index (κ2) is 6.66. The first-order valence-corrected chi connectivity index (χ1v) is 12.1. The van der Waals surface area contributed by atoms with Crippen molar-refractivity contribution in [3.05, 3.63) is 29.3 Å². The van der Waals surface area contributed by atoms with Crippen LogP contribution < -0.4 is 4.18 Å². The highest BCUT2D eigenvalue weighted by Gasteiger charge is 2.56. The molecule has 5 atom stereocenters. The van der Waals surface area contributed by atoms with Gasteiger partial charge >= 0.3 is 20.8 Å².